The summed E-state index contributed by atoms with van der Waals surface area (Å²) in [5.74, 6) is 6.01. The normalized spacial score (nSPS) is 11.3. The summed E-state index contributed by atoms with van der Waals surface area (Å²) in [6.45, 7) is 42.3. The van der Waals surface area contributed by atoms with Crippen LogP contribution in [0.4, 0.5) is 0 Å². The molecule has 8 nitrogen and oxygen atoms in total. The van der Waals surface area contributed by atoms with E-state index in [0.29, 0.717) is 40.4 Å². The Morgan fingerprint density at radius 2 is 0.797 bits per heavy atom. The van der Waals surface area contributed by atoms with Crippen LogP contribution in [0.25, 0.3) is 24.3 Å². The molecule has 3 atom stereocenters. The van der Waals surface area contributed by atoms with E-state index in [1.165, 1.54) is 6.42 Å². The summed E-state index contributed by atoms with van der Waals surface area (Å²) in [6, 6.07) is 16.1. The molecule has 0 spiro atoms. The SMILES string of the molecule is C.C=CC.CC.CC.CC.CCC.CCC(C)OC(=C(C)C)/C(=C\C(C)C)OC.CCC(C)Oc1c(OC)cc(/C=C/c2ccc(/C=C/c3cc(OC)c(OC(C)CC)c(OC)c3)cc2)cc1OC. The van der Waals surface area contributed by atoms with E-state index >= 15 is 0 Å². The van der Waals surface area contributed by atoms with Crippen molar-refractivity contribution < 1.29 is 37.9 Å². The zero-order valence-electron chi connectivity index (χ0n) is 47.7. The van der Waals surface area contributed by atoms with Crippen LogP contribution in [0.1, 0.15) is 187 Å². The summed E-state index contributed by atoms with van der Waals surface area (Å²) >= 11 is 0. The number of hydrogen-bond donors (Lipinski definition) is 0. The van der Waals surface area contributed by atoms with E-state index < -0.39 is 0 Å². The van der Waals surface area contributed by atoms with Gasteiger partial charge < -0.3 is 37.9 Å². The van der Waals surface area contributed by atoms with E-state index in [4.69, 9.17) is 37.9 Å². The van der Waals surface area contributed by atoms with Crippen molar-refractivity contribution in [2.75, 3.05) is 35.5 Å². The summed E-state index contributed by atoms with van der Waals surface area (Å²) in [7, 11) is 8.24. The lowest BCUT2D eigenvalue weighted by molar-refractivity contribution is 0.108. The predicted molar refractivity (Wildman–Crippen MR) is 306 cm³/mol. The van der Waals surface area contributed by atoms with Crippen LogP contribution in [0.15, 0.2) is 84.4 Å². The van der Waals surface area contributed by atoms with E-state index in [1.807, 2.05) is 113 Å². The Hall–Kier alpha value is -5.24. The number of hydrogen-bond acceptors (Lipinski definition) is 8. The van der Waals surface area contributed by atoms with Crippen molar-refractivity contribution in [3.05, 3.63) is 107 Å². The maximum absolute atomic E-state index is 6.04. The first-order chi connectivity index (χ1) is 32.6. The standard InChI is InChI=1S/C34H42O6.C14H26O2.C3H8.C3H6.3C2H6.CH4/c1-9-23(3)39-33-29(35-5)19-27(20-30(33)36-6)17-15-25-11-13-26(14-12-25)16-18-28-21-31(37-7)34(32(22-28)38-8)40-24(4)10-2;1-8-12(6)16-14(11(4)5)13(15-7)9-10(2)3;2*1-3-2;3*1-2;/h11-24H,9-10H2,1-8H3;9-10,12H,8H2,1-7H3;3H2,1-2H3;3H,1H2,2H3;3*1-2H3;1H4/b17-15+,18-16+;13-9+;;;;;;. The van der Waals surface area contributed by atoms with Crippen LogP contribution in [0.2, 0.25) is 0 Å². The summed E-state index contributed by atoms with van der Waals surface area (Å²) < 4.78 is 45.8. The molecule has 3 rings (SSSR count). The van der Waals surface area contributed by atoms with E-state index in [9.17, 15) is 0 Å². The molecule has 0 fully saturated rings. The number of methoxy groups -OCH3 is 5. The Bertz CT molecular complexity index is 1660. The number of allylic oxidation sites excluding steroid dienone is 3. The molecular formula is C61H104O8. The van der Waals surface area contributed by atoms with Crippen LogP contribution < -0.4 is 28.4 Å². The minimum Gasteiger partial charge on any atom is -0.493 e. The highest BCUT2D eigenvalue weighted by atomic mass is 16.6. The van der Waals surface area contributed by atoms with Gasteiger partial charge in [0.1, 0.15) is 0 Å². The monoisotopic (exact) mass is 965 g/mol. The number of rotatable bonds is 20. The topological polar surface area (TPSA) is 73.8 Å². The highest BCUT2D eigenvalue weighted by molar-refractivity contribution is 5.75. The van der Waals surface area contributed by atoms with Gasteiger partial charge in [-0.2, -0.15) is 0 Å². The van der Waals surface area contributed by atoms with Gasteiger partial charge >= 0.3 is 0 Å². The quantitative estimate of drug-likeness (QED) is 0.0480. The maximum Gasteiger partial charge on any atom is 0.203 e. The fourth-order valence-corrected chi connectivity index (χ4v) is 5.14. The molecule has 0 bridgehead atoms. The number of benzene rings is 3. The molecule has 0 saturated carbocycles. The van der Waals surface area contributed by atoms with Gasteiger partial charge in [-0.25, -0.2) is 0 Å². The first-order valence-electron chi connectivity index (χ1n) is 25.1. The molecule has 0 aliphatic rings. The molecule has 0 aromatic heterocycles. The Morgan fingerprint density at radius 1 is 0.522 bits per heavy atom. The van der Waals surface area contributed by atoms with Gasteiger partial charge in [0.25, 0.3) is 0 Å². The van der Waals surface area contributed by atoms with Crippen molar-refractivity contribution >= 4 is 24.3 Å². The molecule has 0 saturated heterocycles. The third-order valence-electron chi connectivity index (χ3n) is 8.90. The number of ether oxygens (including phenoxy) is 8. The van der Waals surface area contributed by atoms with Crippen LogP contribution in [0.5, 0.6) is 34.5 Å². The van der Waals surface area contributed by atoms with Gasteiger partial charge in [-0.1, -0.05) is 159 Å². The van der Waals surface area contributed by atoms with Gasteiger partial charge in [0.15, 0.2) is 34.5 Å². The maximum atomic E-state index is 6.04. The molecule has 0 amide bonds. The second-order valence-corrected chi connectivity index (χ2v) is 15.3. The molecule has 3 aromatic carbocycles. The van der Waals surface area contributed by atoms with Crippen molar-refractivity contribution in [2.45, 2.75) is 183 Å². The molecule has 69 heavy (non-hydrogen) atoms. The van der Waals surface area contributed by atoms with Gasteiger partial charge in [0.2, 0.25) is 11.5 Å². The fourth-order valence-electron chi connectivity index (χ4n) is 5.14. The molecule has 396 valence electrons. The smallest absolute Gasteiger partial charge is 0.203 e. The summed E-state index contributed by atoms with van der Waals surface area (Å²) in [4.78, 5) is 0. The van der Waals surface area contributed by atoms with Crippen LogP contribution >= 0.6 is 0 Å². The minimum atomic E-state index is 0. The highest BCUT2D eigenvalue weighted by Gasteiger charge is 2.17. The average Bonchev–Trinajstić information content (AvgIpc) is 3.36. The third kappa shape index (κ3) is 30.8. The Labute approximate surface area is 426 Å². The molecule has 3 unspecified atom stereocenters. The Balaban J connectivity index is -0.000000392. The van der Waals surface area contributed by atoms with E-state index in [1.54, 1.807) is 41.6 Å². The van der Waals surface area contributed by atoms with E-state index in [2.05, 4.69) is 104 Å². The molecule has 0 aliphatic heterocycles. The van der Waals surface area contributed by atoms with Crippen molar-refractivity contribution in [1.29, 1.82) is 0 Å². The molecular weight excluding hydrogens is 861 g/mol. The fraction of sp³-hybridized carbons (Fsp3) is 0.541. The third-order valence-corrected chi connectivity index (χ3v) is 8.90. The first kappa shape index (κ1) is 72.7. The summed E-state index contributed by atoms with van der Waals surface area (Å²) in [5, 5.41) is 0. The van der Waals surface area contributed by atoms with Crippen molar-refractivity contribution in [1.82, 2.24) is 0 Å². The van der Waals surface area contributed by atoms with E-state index in [0.717, 1.165) is 58.6 Å². The lowest BCUT2D eigenvalue weighted by atomic mass is 10.1. The largest absolute Gasteiger partial charge is 0.493 e. The minimum absolute atomic E-state index is 0. The van der Waals surface area contributed by atoms with Gasteiger partial charge in [-0.05, 0) is 125 Å². The van der Waals surface area contributed by atoms with Gasteiger partial charge in [-0.15, -0.1) is 6.58 Å². The molecule has 0 N–H and O–H groups in total. The average molecular weight is 965 g/mol. The zero-order chi connectivity index (χ0) is 53.2. The predicted octanol–water partition coefficient (Wildman–Crippen LogP) is 19.0. The Morgan fingerprint density at radius 3 is 1.01 bits per heavy atom. The van der Waals surface area contributed by atoms with Crippen molar-refractivity contribution in [3.63, 3.8) is 0 Å². The van der Waals surface area contributed by atoms with Crippen LogP contribution in [-0.4, -0.2) is 53.9 Å². The molecule has 0 aliphatic carbocycles. The van der Waals surface area contributed by atoms with E-state index in [-0.39, 0.29) is 25.7 Å². The zero-order valence-corrected chi connectivity index (χ0v) is 47.7. The molecule has 3 aromatic rings. The van der Waals surface area contributed by atoms with Gasteiger partial charge in [0.05, 0.1) is 53.9 Å². The van der Waals surface area contributed by atoms with Gasteiger partial charge in [0, 0.05) is 0 Å². The van der Waals surface area contributed by atoms with Gasteiger partial charge in [-0.3, -0.25) is 0 Å². The lowest BCUT2D eigenvalue weighted by Crippen LogP contribution is -2.11. The lowest BCUT2D eigenvalue weighted by Gasteiger charge is -2.19. The van der Waals surface area contributed by atoms with Crippen LogP contribution in [-0.2, 0) is 9.47 Å². The summed E-state index contributed by atoms with van der Waals surface area (Å²) in [5.41, 5.74) is 5.21. The first-order valence-corrected chi connectivity index (χ1v) is 25.1. The molecule has 0 radical (unpaired) electrons. The molecule has 8 heteroatoms. The van der Waals surface area contributed by atoms with Crippen molar-refractivity contribution in [3.8, 4) is 34.5 Å². The van der Waals surface area contributed by atoms with Crippen LogP contribution in [0.3, 0.4) is 0 Å². The summed E-state index contributed by atoms with van der Waals surface area (Å²) in [6.07, 6.45) is 16.4. The molecule has 0 heterocycles. The van der Waals surface area contributed by atoms with Crippen molar-refractivity contribution in [2.24, 2.45) is 5.92 Å². The highest BCUT2D eigenvalue weighted by Crippen LogP contribution is 2.41. The Kier molecular flexibility index (Phi) is 49.0. The van der Waals surface area contributed by atoms with Crippen LogP contribution in [0, 0.1) is 5.92 Å². The second kappa shape index (κ2) is 46.5. The second-order valence-electron chi connectivity index (χ2n) is 15.3.